The van der Waals surface area contributed by atoms with Crippen LogP contribution in [0.2, 0.25) is 0 Å². The van der Waals surface area contributed by atoms with E-state index in [-0.39, 0.29) is 23.3 Å². The van der Waals surface area contributed by atoms with E-state index in [2.05, 4.69) is 0 Å². The molecule has 3 rings (SSSR count). The van der Waals surface area contributed by atoms with Crippen LogP contribution in [0.25, 0.3) is 10.9 Å². The summed E-state index contributed by atoms with van der Waals surface area (Å²) in [4.78, 5) is 25.7. The van der Waals surface area contributed by atoms with Crippen LogP contribution in [0.1, 0.15) is 32.0 Å². The number of fused-ring (bicyclic) bond motifs is 1. The van der Waals surface area contributed by atoms with E-state index in [4.69, 9.17) is 9.47 Å². The summed E-state index contributed by atoms with van der Waals surface area (Å²) in [6.45, 7) is 5.09. The monoisotopic (exact) mass is 459 g/mol. The number of allylic oxidation sites excluding steroid dienone is 1. The van der Waals surface area contributed by atoms with Crippen molar-refractivity contribution in [2.75, 3.05) is 6.61 Å². The number of carbonyl (C=O) groups excluding carboxylic acids is 2. The summed E-state index contributed by atoms with van der Waals surface area (Å²) in [7, 11) is 1.48. The van der Waals surface area contributed by atoms with Gasteiger partial charge in [-0.25, -0.2) is 4.79 Å². The van der Waals surface area contributed by atoms with E-state index in [0.29, 0.717) is 5.52 Å². The molecule has 1 aromatic heterocycles. The van der Waals surface area contributed by atoms with Crippen molar-refractivity contribution in [1.82, 2.24) is 4.57 Å². The predicted octanol–water partition coefficient (Wildman–Crippen LogP) is 4.95. The Labute approximate surface area is 180 Å². The number of alkyl halides is 5. The van der Waals surface area contributed by atoms with E-state index < -0.39 is 46.7 Å². The largest absolute Gasteiger partial charge is 0.465 e. The van der Waals surface area contributed by atoms with E-state index in [1.165, 1.54) is 57.5 Å². The quantitative estimate of drug-likeness (QED) is 0.369. The lowest BCUT2D eigenvalue weighted by atomic mass is 9.72. The third-order valence-corrected chi connectivity index (χ3v) is 5.82. The first-order chi connectivity index (χ1) is 14.7. The van der Waals surface area contributed by atoms with Crippen LogP contribution in [0.5, 0.6) is 0 Å². The Morgan fingerprint density at radius 1 is 1.19 bits per heavy atom. The van der Waals surface area contributed by atoms with Crippen molar-refractivity contribution < 1.29 is 41.0 Å². The highest BCUT2D eigenvalue weighted by Gasteiger charge is 2.81. The Bertz CT molecular complexity index is 1130. The molecule has 0 aliphatic carbocycles. The smallest absolute Gasteiger partial charge is 0.458 e. The fraction of sp³-hybridized carbons (Fsp3) is 0.455. The van der Waals surface area contributed by atoms with E-state index in [9.17, 15) is 22.8 Å². The number of nitrogens with zero attached hydrogens (tertiary/aromatic N) is 1. The summed E-state index contributed by atoms with van der Waals surface area (Å²) in [6, 6.07) is 5.93. The van der Waals surface area contributed by atoms with Crippen molar-refractivity contribution in [2.45, 2.75) is 45.4 Å². The Morgan fingerprint density at radius 2 is 1.78 bits per heavy atom. The maximum absolute atomic E-state index is 15.5. The molecule has 2 aromatic rings. The average Bonchev–Trinajstić information content (AvgIpc) is 3.14. The Balaban J connectivity index is 2.57. The zero-order valence-corrected chi connectivity index (χ0v) is 18.1. The molecular weight excluding hydrogens is 437 g/mol. The molecule has 32 heavy (non-hydrogen) atoms. The van der Waals surface area contributed by atoms with Gasteiger partial charge in [0.1, 0.15) is 5.92 Å². The maximum Gasteiger partial charge on any atom is 0.458 e. The highest BCUT2D eigenvalue weighted by atomic mass is 19.4. The number of hydrogen-bond acceptors (Lipinski definition) is 4. The van der Waals surface area contributed by atoms with Gasteiger partial charge < -0.3 is 14.0 Å². The molecule has 10 heteroatoms. The summed E-state index contributed by atoms with van der Waals surface area (Å²) < 4.78 is 84.1. The molecule has 1 saturated heterocycles. The van der Waals surface area contributed by atoms with Crippen LogP contribution in [0.15, 0.2) is 35.4 Å². The summed E-state index contributed by atoms with van der Waals surface area (Å²) in [5, 5.41) is 0.00790. The minimum Gasteiger partial charge on any atom is -0.465 e. The Kier molecular flexibility index (Phi) is 5.64. The zero-order valence-electron chi connectivity index (χ0n) is 18.1. The molecule has 0 unspecified atom stereocenters. The van der Waals surface area contributed by atoms with E-state index in [1.54, 1.807) is 6.07 Å². The number of carbonyl (C=O) groups is 2. The lowest BCUT2D eigenvalue weighted by Crippen LogP contribution is -2.59. The van der Waals surface area contributed by atoms with Crippen LogP contribution in [-0.4, -0.2) is 35.2 Å². The molecule has 0 bridgehead atoms. The number of ether oxygens (including phenoxy) is 2. The molecule has 0 N–H and O–H groups in total. The number of para-hydroxylation sites is 1. The molecule has 5 nitrogen and oxygen atoms in total. The zero-order chi connectivity index (χ0) is 24.2. The number of hydrogen-bond donors (Lipinski definition) is 0. The van der Waals surface area contributed by atoms with Gasteiger partial charge >= 0.3 is 24.0 Å². The fourth-order valence-electron chi connectivity index (χ4n) is 4.38. The molecule has 2 atom stereocenters. The van der Waals surface area contributed by atoms with Gasteiger partial charge in [-0.05, 0) is 33.8 Å². The number of aromatic nitrogens is 1. The highest BCUT2D eigenvalue weighted by Crippen LogP contribution is 2.61. The molecule has 1 aromatic carbocycles. The first kappa shape index (κ1) is 23.7. The van der Waals surface area contributed by atoms with Crippen molar-refractivity contribution in [3.63, 3.8) is 0 Å². The van der Waals surface area contributed by atoms with Gasteiger partial charge in [-0.2, -0.15) is 22.0 Å². The molecule has 0 radical (unpaired) electrons. The average molecular weight is 459 g/mol. The molecule has 1 aliphatic rings. The van der Waals surface area contributed by atoms with Gasteiger partial charge in [0, 0.05) is 29.2 Å². The summed E-state index contributed by atoms with van der Waals surface area (Å²) in [5.41, 5.74) is -4.44. The lowest BCUT2D eigenvalue weighted by Gasteiger charge is -2.39. The van der Waals surface area contributed by atoms with Gasteiger partial charge in [0.2, 0.25) is 5.60 Å². The Hall–Kier alpha value is -2.91. The molecular formula is C22H22F5NO4. The molecule has 2 heterocycles. The van der Waals surface area contributed by atoms with Crippen LogP contribution in [0, 0.1) is 12.8 Å². The summed E-state index contributed by atoms with van der Waals surface area (Å²) in [6.07, 6.45) is -6.14. The molecule has 0 amide bonds. The van der Waals surface area contributed by atoms with Gasteiger partial charge in [-0.1, -0.05) is 23.8 Å². The van der Waals surface area contributed by atoms with E-state index in [0.717, 1.165) is 0 Å². The molecule has 1 aliphatic heterocycles. The standard InChI is InChI=1S/C22H22F5NO4/c1-6-31-19(30)17-15(11(2)3)18(29)32-20(17,21(23,24)22(25,26)27)16-12(4)28(5)14-10-8-7-9-13(14)16/h7-10,17H,6H2,1-5H3/t17-,20+/m1/s1. The van der Waals surface area contributed by atoms with Crippen molar-refractivity contribution in [2.24, 2.45) is 13.0 Å². The molecule has 0 saturated carbocycles. The summed E-state index contributed by atoms with van der Waals surface area (Å²) in [5.74, 6) is -10.8. The first-order valence-electron chi connectivity index (χ1n) is 9.80. The highest BCUT2D eigenvalue weighted by molar-refractivity contribution is 6.02. The minimum absolute atomic E-state index is 0.00719. The molecule has 174 valence electrons. The maximum atomic E-state index is 15.5. The second kappa shape index (κ2) is 7.60. The van der Waals surface area contributed by atoms with Gasteiger partial charge in [0.25, 0.3) is 0 Å². The number of aryl methyl sites for hydroxylation is 1. The van der Waals surface area contributed by atoms with Gasteiger partial charge in [0.15, 0.2) is 0 Å². The normalized spacial score (nSPS) is 21.8. The van der Waals surface area contributed by atoms with Crippen LogP contribution in [0.3, 0.4) is 0 Å². The second-order valence-electron chi connectivity index (χ2n) is 7.83. The Morgan fingerprint density at radius 3 is 2.31 bits per heavy atom. The van der Waals surface area contributed by atoms with E-state index >= 15 is 8.78 Å². The number of benzene rings is 1. The topological polar surface area (TPSA) is 57.5 Å². The number of cyclic esters (lactones) is 1. The van der Waals surface area contributed by atoms with Crippen molar-refractivity contribution in [3.05, 3.63) is 46.7 Å². The van der Waals surface area contributed by atoms with Crippen LogP contribution < -0.4 is 0 Å². The molecule has 1 fully saturated rings. The van der Waals surface area contributed by atoms with Crippen LogP contribution in [0.4, 0.5) is 22.0 Å². The predicted molar refractivity (Wildman–Crippen MR) is 105 cm³/mol. The minimum atomic E-state index is -6.14. The van der Waals surface area contributed by atoms with Crippen LogP contribution in [-0.2, 0) is 31.7 Å². The van der Waals surface area contributed by atoms with Gasteiger partial charge in [-0.15, -0.1) is 0 Å². The number of esters is 2. The third kappa shape index (κ3) is 3.02. The van der Waals surface area contributed by atoms with Crippen molar-refractivity contribution >= 4 is 22.8 Å². The second-order valence-corrected chi connectivity index (χ2v) is 7.83. The van der Waals surface area contributed by atoms with Crippen LogP contribution >= 0.6 is 0 Å². The van der Waals surface area contributed by atoms with Crippen molar-refractivity contribution in [1.29, 1.82) is 0 Å². The third-order valence-electron chi connectivity index (χ3n) is 5.82. The van der Waals surface area contributed by atoms with E-state index in [1.807, 2.05) is 0 Å². The first-order valence-corrected chi connectivity index (χ1v) is 9.80. The van der Waals surface area contributed by atoms with Gasteiger partial charge in [-0.3, -0.25) is 4.79 Å². The van der Waals surface area contributed by atoms with Gasteiger partial charge in [0.05, 0.1) is 12.2 Å². The SMILES string of the molecule is CCOC(=O)[C@H]1C(=C(C)C)C(=O)O[C@]1(c1c(C)n(C)c2ccccc12)C(F)(F)C(F)(F)F. The van der Waals surface area contributed by atoms with Crippen molar-refractivity contribution in [3.8, 4) is 0 Å². The molecule has 0 spiro atoms. The lowest BCUT2D eigenvalue weighted by molar-refractivity contribution is -0.348. The fourth-order valence-corrected chi connectivity index (χ4v) is 4.38. The summed E-state index contributed by atoms with van der Waals surface area (Å²) >= 11 is 0. The number of rotatable bonds is 4. The number of halogens is 5.